The molecule has 1 aliphatic rings. The maximum absolute atomic E-state index is 13.5. The first kappa shape index (κ1) is 16.2. The normalized spacial score (nSPS) is 16.2. The van der Waals surface area contributed by atoms with Crippen molar-refractivity contribution in [2.24, 2.45) is 0 Å². The van der Waals surface area contributed by atoms with E-state index in [9.17, 15) is 14.0 Å². The number of benzene rings is 2. The Labute approximate surface area is 140 Å². The van der Waals surface area contributed by atoms with Crippen LogP contribution in [-0.2, 0) is 22.4 Å². The van der Waals surface area contributed by atoms with Gasteiger partial charge in [-0.05, 0) is 36.1 Å². The van der Waals surface area contributed by atoms with Crippen LogP contribution in [0.3, 0.4) is 0 Å². The van der Waals surface area contributed by atoms with Crippen LogP contribution in [0, 0.1) is 5.82 Å². The summed E-state index contributed by atoms with van der Waals surface area (Å²) in [6.07, 6.45) is 1.79. The molecular formula is C19H19FN2O2. The van der Waals surface area contributed by atoms with E-state index in [4.69, 9.17) is 0 Å². The molecule has 124 valence electrons. The number of amides is 2. The summed E-state index contributed by atoms with van der Waals surface area (Å²) in [5, 5.41) is 5.57. The number of fused-ring (bicyclic) bond motifs is 1. The molecule has 0 aromatic heterocycles. The van der Waals surface area contributed by atoms with Crippen LogP contribution in [0.15, 0.2) is 48.5 Å². The quantitative estimate of drug-likeness (QED) is 0.888. The lowest BCUT2D eigenvalue weighted by molar-refractivity contribution is -0.126. The number of hydrogen-bond acceptors (Lipinski definition) is 2. The van der Waals surface area contributed by atoms with Gasteiger partial charge >= 0.3 is 0 Å². The van der Waals surface area contributed by atoms with E-state index >= 15 is 0 Å². The standard InChI is InChI=1S/C19H19FN2O2/c20-15-9-3-1-6-13(15)8-5-11-18(23)21-17-12-14-7-2-4-10-16(14)22-19(17)24/h1-4,6-7,9-10,17H,5,8,11-12H2,(H,21,23)(H,22,24). The van der Waals surface area contributed by atoms with Gasteiger partial charge in [0.25, 0.3) is 0 Å². The largest absolute Gasteiger partial charge is 0.344 e. The summed E-state index contributed by atoms with van der Waals surface area (Å²) >= 11 is 0. The number of aryl methyl sites for hydroxylation is 1. The maximum atomic E-state index is 13.5. The summed E-state index contributed by atoms with van der Waals surface area (Å²) in [5.74, 6) is -0.636. The van der Waals surface area contributed by atoms with Crippen molar-refractivity contribution in [2.45, 2.75) is 31.7 Å². The van der Waals surface area contributed by atoms with Crippen LogP contribution in [0.4, 0.5) is 10.1 Å². The predicted octanol–water partition coefficient (Wildman–Crippen LogP) is 2.83. The van der Waals surface area contributed by atoms with Crippen molar-refractivity contribution in [2.75, 3.05) is 5.32 Å². The molecule has 0 aliphatic carbocycles. The molecule has 4 nitrogen and oxygen atoms in total. The summed E-state index contributed by atoms with van der Waals surface area (Å²) in [4.78, 5) is 24.1. The highest BCUT2D eigenvalue weighted by atomic mass is 19.1. The predicted molar refractivity (Wildman–Crippen MR) is 90.0 cm³/mol. The van der Waals surface area contributed by atoms with E-state index in [1.807, 2.05) is 24.3 Å². The van der Waals surface area contributed by atoms with Gasteiger partial charge in [-0.3, -0.25) is 9.59 Å². The molecule has 2 N–H and O–H groups in total. The molecule has 1 unspecified atom stereocenters. The smallest absolute Gasteiger partial charge is 0.247 e. The van der Waals surface area contributed by atoms with E-state index in [0.717, 1.165) is 11.3 Å². The first-order valence-electron chi connectivity index (χ1n) is 8.05. The van der Waals surface area contributed by atoms with Gasteiger partial charge < -0.3 is 10.6 Å². The number of nitrogens with one attached hydrogen (secondary N) is 2. The van der Waals surface area contributed by atoms with E-state index in [-0.39, 0.29) is 24.1 Å². The van der Waals surface area contributed by atoms with E-state index in [0.29, 0.717) is 24.8 Å². The van der Waals surface area contributed by atoms with E-state index in [1.165, 1.54) is 6.07 Å². The molecule has 0 saturated carbocycles. The maximum Gasteiger partial charge on any atom is 0.247 e. The van der Waals surface area contributed by atoms with Crippen LogP contribution in [0.25, 0.3) is 0 Å². The molecule has 24 heavy (non-hydrogen) atoms. The van der Waals surface area contributed by atoms with Crippen molar-refractivity contribution >= 4 is 17.5 Å². The summed E-state index contributed by atoms with van der Waals surface area (Å²) in [6.45, 7) is 0. The van der Waals surface area contributed by atoms with Gasteiger partial charge in [-0.1, -0.05) is 36.4 Å². The van der Waals surface area contributed by atoms with Crippen molar-refractivity contribution in [3.8, 4) is 0 Å². The van der Waals surface area contributed by atoms with Crippen LogP contribution in [0.1, 0.15) is 24.0 Å². The Morgan fingerprint density at radius 2 is 1.92 bits per heavy atom. The molecule has 2 amide bonds. The zero-order chi connectivity index (χ0) is 16.9. The summed E-state index contributed by atoms with van der Waals surface area (Å²) in [5.41, 5.74) is 2.41. The van der Waals surface area contributed by atoms with Crippen LogP contribution in [0.2, 0.25) is 0 Å². The van der Waals surface area contributed by atoms with E-state index < -0.39 is 6.04 Å². The fraction of sp³-hybridized carbons (Fsp3) is 0.263. The average Bonchev–Trinajstić information content (AvgIpc) is 2.57. The lowest BCUT2D eigenvalue weighted by Crippen LogP contribution is -2.47. The van der Waals surface area contributed by atoms with Crippen molar-refractivity contribution in [3.05, 3.63) is 65.5 Å². The van der Waals surface area contributed by atoms with Gasteiger partial charge in [0, 0.05) is 18.5 Å². The van der Waals surface area contributed by atoms with E-state index in [1.54, 1.807) is 18.2 Å². The first-order chi connectivity index (χ1) is 11.6. The molecule has 2 aromatic carbocycles. The Bertz CT molecular complexity index is 761. The number of rotatable bonds is 5. The van der Waals surface area contributed by atoms with Gasteiger partial charge in [-0.2, -0.15) is 0 Å². The highest BCUT2D eigenvalue weighted by Crippen LogP contribution is 2.22. The Hall–Kier alpha value is -2.69. The second-order valence-corrected chi connectivity index (χ2v) is 5.92. The number of anilines is 1. The lowest BCUT2D eigenvalue weighted by Gasteiger charge is -2.25. The van der Waals surface area contributed by atoms with Crippen LogP contribution in [0.5, 0.6) is 0 Å². The molecule has 3 rings (SSSR count). The highest BCUT2D eigenvalue weighted by Gasteiger charge is 2.26. The third-order valence-electron chi connectivity index (χ3n) is 4.16. The van der Waals surface area contributed by atoms with Gasteiger partial charge in [-0.25, -0.2) is 4.39 Å². The molecule has 1 heterocycles. The number of carbonyl (C=O) groups is 2. The molecule has 2 aromatic rings. The molecule has 0 saturated heterocycles. The molecule has 1 aliphatic heterocycles. The molecule has 0 bridgehead atoms. The van der Waals surface area contributed by atoms with Gasteiger partial charge in [0.1, 0.15) is 11.9 Å². The van der Waals surface area contributed by atoms with Gasteiger partial charge in [-0.15, -0.1) is 0 Å². The number of para-hydroxylation sites is 1. The van der Waals surface area contributed by atoms with Gasteiger partial charge in [0.2, 0.25) is 11.8 Å². The molecule has 0 fully saturated rings. The zero-order valence-corrected chi connectivity index (χ0v) is 13.2. The van der Waals surface area contributed by atoms with Crippen LogP contribution < -0.4 is 10.6 Å². The lowest BCUT2D eigenvalue weighted by atomic mass is 9.99. The summed E-state index contributed by atoms with van der Waals surface area (Å²) < 4.78 is 13.5. The molecule has 5 heteroatoms. The summed E-state index contributed by atoms with van der Waals surface area (Å²) in [6, 6.07) is 13.6. The highest BCUT2D eigenvalue weighted by molar-refractivity contribution is 6.00. The third kappa shape index (κ3) is 3.79. The Balaban J connectivity index is 1.50. The third-order valence-corrected chi connectivity index (χ3v) is 4.16. The zero-order valence-electron chi connectivity index (χ0n) is 13.2. The minimum Gasteiger partial charge on any atom is -0.344 e. The molecule has 0 spiro atoms. The first-order valence-corrected chi connectivity index (χ1v) is 8.05. The Morgan fingerprint density at radius 3 is 2.75 bits per heavy atom. The minimum atomic E-state index is -0.555. The minimum absolute atomic E-state index is 0.189. The monoisotopic (exact) mass is 326 g/mol. The Morgan fingerprint density at radius 1 is 1.17 bits per heavy atom. The summed E-state index contributed by atoms with van der Waals surface area (Å²) in [7, 11) is 0. The molecule has 0 radical (unpaired) electrons. The van der Waals surface area contributed by atoms with Gasteiger partial charge in [0.15, 0.2) is 0 Å². The van der Waals surface area contributed by atoms with E-state index in [2.05, 4.69) is 10.6 Å². The average molecular weight is 326 g/mol. The van der Waals surface area contributed by atoms with Gasteiger partial charge in [0.05, 0.1) is 0 Å². The van der Waals surface area contributed by atoms with Crippen molar-refractivity contribution in [1.29, 1.82) is 0 Å². The second kappa shape index (κ2) is 7.25. The Kier molecular flexibility index (Phi) is 4.89. The molecular weight excluding hydrogens is 307 g/mol. The van der Waals surface area contributed by atoms with Crippen molar-refractivity contribution in [3.63, 3.8) is 0 Å². The second-order valence-electron chi connectivity index (χ2n) is 5.92. The number of hydrogen-bond donors (Lipinski definition) is 2. The number of halogens is 1. The van der Waals surface area contributed by atoms with Crippen LogP contribution in [-0.4, -0.2) is 17.9 Å². The van der Waals surface area contributed by atoms with Crippen molar-refractivity contribution in [1.82, 2.24) is 5.32 Å². The fourth-order valence-electron chi connectivity index (χ4n) is 2.88. The fourth-order valence-corrected chi connectivity index (χ4v) is 2.88. The van der Waals surface area contributed by atoms with Crippen molar-refractivity contribution < 1.29 is 14.0 Å². The number of carbonyl (C=O) groups excluding carboxylic acids is 2. The molecule has 1 atom stereocenters. The van der Waals surface area contributed by atoms with Crippen LogP contribution >= 0.6 is 0 Å². The SMILES string of the molecule is O=C(CCCc1ccccc1F)NC1Cc2ccccc2NC1=O. The topological polar surface area (TPSA) is 58.2 Å².